The van der Waals surface area contributed by atoms with Crippen LogP contribution in [0.2, 0.25) is 0 Å². The van der Waals surface area contributed by atoms with Crippen LogP contribution in [0.5, 0.6) is 5.75 Å². The number of anilines is 2. The summed E-state index contributed by atoms with van der Waals surface area (Å²) in [6, 6.07) is 9.92. The highest BCUT2D eigenvalue weighted by Crippen LogP contribution is 2.29. The van der Waals surface area contributed by atoms with Crippen LogP contribution in [0.25, 0.3) is 0 Å². The predicted molar refractivity (Wildman–Crippen MR) is 105 cm³/mol. The van der Waals surface area contributed by atoms with Gasteiger partial charge in [-0.05, 0) is 48.0 Å². The van der Waals surface area contributed by atoms with E-state index in [1.807, 2.05) is 0 Å². The van der Waals surface area contributed by atoms with Crippen LogP contribution in [0.4, 0.5) is 16.2 Å². The molecule has 30 heavy (non-hydrogen) atoms. The molecule has 4 rings (SSSR count). The van der Waals surface area contributed by atoms with Gasteiger partial charge in [0, 0.05) is 18.3 Å². The fourth-order valence-corrected chi connectivity index (χ4v) is 3.48. The molecule has 0 atom stereocenters. The maximum Gasteiger partial charge on any atom is 0.339 e. The molecule has 152 valence electrons. The third kappa shape index (κ3) is 3.00. The minimum Gasteiger partial charge on any atom is -0.497 e. The Bertz CT molecular complexity index is 1110. The number of carbonyl (C=O) groups excluding carboxylic acids is 5. The summed E-state index contributed by atoms with van der Waals surface area (Å²) in [5, 5.41) is 0. The molecule has 9 nitrogen and oxygen atoms in total. The molecule has 0 bridgehead atoms. The topological polar surface area (TPSA) is 104 Å². The van der Waals surface area contributed by atoms with Crippen molar-refractivity contribution in [3.63, 3.8) is 0 Å². The van der Waals surface area contributed by atoms with Gasteiger partial charge in [0.1, 0.15) is 5.75 Å². The van der Waals surface area contributed by atoms with E-state index in [4.69, 9.17) is 4.74 Å². The Kier molecular flexibility index (Phi) is 4.57. The van der Waals surface area contributed by atoms with Crippen LogP contribution < -0.4 is 14.5 Å². The summed E-state index contributed by atoms with van der Waals surface area (Å²) in [5.74, 6) is -2.16. The van der Waals surface area contributed by atoms with Gasteiger partial charge >= 0.3 is 17.8 Å². The van der Waals surface area contributed by atoms with Crippen molar-refractivity contribution in [2.75, 3.05) is 30.5 Å². The molecule has 0 aromatic heterocycles. The molecule has 2 aliphatic heterocycles. The van der Waals surface area contributed by atoms with Gasteiger partial charge in [0.15, 0.2) is 5.78 Å². The van der Waals surface area contributed by atoms with E-state index in [-0.39, 0.29) is 23.6 Å². The lowest BCUT2D eigenvalue weighted by atomic mass is 10.0. The average Bonchev–Trinajstić information content (AvgIpc) is 3.15. The lowest BCUT2D eigenvalue weighted by molar-refractivity contribution is -0.139. The largest absolute Gasteiger partial charge is 0.497 e. The molecule has 2 heterocycles. The highest BCUT2D eigenvalue weighted by molar-refractivity contribution is 6.53. The number of ether oxygens (including phenoxy) is 1. The van der Waals surface area contributed by atoms with Crippen molar-refractivity contribution in [2.45, 2.75) is 6.42 Å². The summed E-state index contributed by atoms with van der Waals surface area (Å²) in [6.07, 6.45) is 0.179. The molecular formula is C21H17N3O6. The van der Waals surface area contributed by atoms with Gasteiger partial charge < -0.3 is 9.64 Å². The fraction of sp³-hybridized carbons (Fsp3) is 0.190. The van der Waals surface area contributed by atoms with Crippen molar-refractivity contribution in [3.8, 4) is 5.75 Å². The number of benzene rings is 2. The molecule has 5 amide bonds. The van der Waals surface area contributed by atoms with E-state index in [1.54, 1.807) is 31.3 Å². The summed E-state index contributed by atoms with van der Waals surface area (Å²) < 4.78 is 5.04. The first-order valence-electron chi connectivity index (χ1n) is 9.08. The summed E-state index contributed by atoms with van der Waals surface area (Å²) in [4.78, 5) is 64.8. The molecule has 1 fully saturated rings. The first-order chi connectivity index (χ1) is 14.3. The van der Waals surface area contributed by atoms with E-state index in [1.165, 1.54) is 30.2 Å². The summed E-state index contributed by atoms with van der Waals surface area (Å²) in [5.41, 5.74) is 1.87. The lowest BCUT2D eigenvalue weighted by Crippen LogP contribution is -2.37. The second-order valence-electron chi connectivity index (χ2n) is 6.91. The van der Waals surface area contributed by atoms with Crippen molar-refractivity contribution in [1.29, 1.82) is 0 Å². The van der Waals surface area contributed by atoms with Crippen molar-refractivity contribution in [1.82, 2.24) is 4.90 Å². The standard InChI is InChI=1S/C21H17N3O6/c1-22-16-8-3-12(9-13(16)10-18(22)26)17(25)11-23-19(27)20(28)24(21(23)29)14-4-6-15(30-2)7-5-14/h3-9H,10-11H2,1-2H3. The second kappa shape index (κ2) is 7.11. The number of nitrogens with zero attached hydrogens (tertiary/aromatic N) is 3. The van der Waals surface area contributed by atoms with Gasteiger partial charge in [-0.15, -0.1) is 0 Å². The Labute approximate surface area is 171 Å². The Balaban J connectivity index is 1.54. The number of hydrogen-bond donors (Lipinski definition) is 0. The smallest absolute Gasteiger partial charge is 0.339 e. The van der Waals surface area contributed by atoms with E-state index < -0.39 is 30.2 Å². The molecule has 0 radical (unpaired) electrons. The van der Waals surface area contributed by atoms with Gasteiger partial charge in [-0.2, -0.15) is 0 Å². The maximum absolute atomic E-state index is 12.7. The monoisotopic (exact) mass is 407 g/mol. The van der Waals surface area contributed by atoms with Crippen LogP contribution in [0.15, 0.2) is 42.5 Å². The Morgan fingerprint density at radius 3 is 2.37 bits per heavy atom. The second-order valence-corrected chi connectivity index (χ2v) is 6.91. The van der Waals surface area contributed by atoms with Crippen molar-refractivity contribution < 1.29 is 28.7 Å². The van der Waals surface area contributed by atoms with Crippen molar-refractivity contribution >= 4 is 40.9 Å². The van der Waals surface area contributed by atoms with Crippen LogP contribution >= 0.6 is 0 Å². The zero-order valence-electron chi connectivity index (χ0n) is 16.2. The number of amides is 5. The third-order valence-electron chi connectivity index (χ3n) is 5.16. The molecule has 0 aliphatic carbocycles. The Hall–Kier alpha value is -4.01. The molecule has 0 N–H and O–H groups in total. The highest BCUT2D eigenvalue weighted by atomic mass is 16.5. The zero-order chi connectivity index (χ0) is 21.6. The van der Waals surface area contributed by atoms with Gasteiger partial charge in [-0.1, -0.05) is 0 Å². The number of ketones is 1. The van der Waals surface area contributed by atoms with Gasteiger partial charge in [-0.3, -0.25) is 19.2 Å². The van der Waals surface area contributed by atoms with Gasteiger partial charge in [0.2, 0.25) is 5.91 Å². The van der Waals surface area contributed by atoms with E-state index in [9.17, 15) is 24.0 Å². The summed E-state index contributed by atoms with van der Waals surface area (Å²) >= 11 is 0. The lowest BCUT2D eigenvalue weighted by Gasteiger charge is -2.15. The van der Waals surface area contributed by atoms with Gasteiger partial charge in [-0.25, -0.2) is 14.6 Å². The van der Waals surface area contributed by atoms with Crippen LogP contribution in [0, 0.1) is 0 Å². The summed E-state index contributed by atoms with van der Waals surface area (Å²) in [6.45, 7) is -0.571. The number of rotatable bonds is 5. The third-order valence-corrected chi connectivity index (χ3v) is 5.16. The number of fused-ring (bicyclic) bond motifs is 1. The first kappa shape index (κ1) is 19.3. The molecular weight excluding hydrogens is 390 g/mol. The van der Waals surface area contributed by atoms with Crippen LogP contribution in [-0.4, -0.2) is 55.1 Å². The number of imide groups is 2. The number of Topliss-reactive ketones (excluding diaryl/α,β-unsaturated/α-hetero) is 1. The fourth-order valence-electron chi connectivity index (χ4n) is 3.48. The van der Waals surface area contributed by atoms with Crippen LogP contribution in [0.1, 0.15) is 15.9 Å². The molecule has 2 aromatic carbocycles. The molecule has 2 aromatic rings. The molecule has 9 heteroatoms. The van der Waals surface area contributed by atoms with Crippen molar-refractivity contribution in [3.05, 3.63) is 53.6 Å². The average molecular weight is 407 g/mol. The first-order valence-corrected chi connectivity index (χ1v) is 9.08. The van der Waals surface area contributed by atoms with Gasteiger partial charge in [0.05, 0.1) is 25.8 Å². The van der Waals surface area contributed by atoms with E-state index in [2.05, 4.69) is 0 Å². The minimum atomic E-state index is -1.07. The molecule has 0 spiro atoms. The van der Waals surface area contributed by atoms with Gasteiger partial charge in [0.25, 0.3) is 0 Å². The SMILES string of the molecule is COc1ccc(N2C(=O)C(=O)N(CC(=O)c3ccc4c(c3)CC(=O)N4C)C2=O)cc1. The number of methoxy groups -OCH3 is 1. The minimum absolute atomic E-state index is 0.0831. The zero-order valence-corrected chi connectivity index (χ0v) is 16.2. The molecule has 1 saturated heterocycles. The molecule has 0 saturated carbocycles. The van der Waals surface area contributed by atoms with E-state index in [0.29, 0.717) is 21.9 Å². The predicted octanol–water partition coefficient (Wildman–Crippen LogP) is 1.39. The number of hydrogen-bond acceptors (Lipinski definition) is 6. The quantitative estimate of drug-likeness (QED) is 0.422. The normalized spacial score (nSPS) is 15.9. The van der Waals surface area contributed by atoms with E-state index in [0.717, 1.165) is 4.90 Å². The van der Waals surface area contributed by atoms with Crippen molar-refractivity contribution in [2.24, 2.45) is 0 Å². The maximum atomic E-state index is 12.7. The molecule has 2 aliphatic rings. The Morgan fingerprint density at radius 2 is 1.70 bits per heavy atom. The highest BCUT2D eigenvalue weighted by Gasteiger charge is 2.46. The summed E-state index contributed by atoms with van der Waals surface area (Å²) in [7, 11) is 3.13. The van der Waals surface area contributed by atoms with Crippen LogP contribution in [0.3, 0.4) is 0 Å². The van der Waals surface area contributed by atoms with E-state index >= 15 is 0 Å². The number of urea groups is 1. The Morgan fingerprint density at radius 1 is 1.00 bits per heavy atom. The molecule has 0 unspecified atom stereocenters. The number of likely N-dealkylation sites (N-methyl/N-ethyl adjacent to an activating group) is 1. The number of carbonyl (C=O) groups is 5. The van der Waals surface area contributed by atoms with Crippen LogP contribution in [-0.2, 0) is 20.8 Å².